The Morgan fingerprint density at radius 3 is 2.64 bits per heavy atom. The number of likely N-dealkylation sites (tertiary alicyclic amines) is 1. The van der Waals surface area contributed by atoms with Crippen molar-refractivity contribution in [3.8, 4) is 0 Å². The van der Waals surface area contributed by atoms with Crippen LogP contribution in [0.2, 0.25) is 0 Å². The maximum Gasteiger partial charge on any atom is 0.226 e. The number of nitrogens with one attached hydrogen (secondary N) is 1. The first kappa shape index (κ1) is 19.1. The molecule has 2 heterocycles. The van der Waals surface area contributed by atoms with Crippen molar-refractivity contribution in [2.75, 3.05) is 19.6 Å². The largest absolute Gasteiger partial charge is 0.355 e. The molecule has 2 unspecified atom stereocenters. The molecule has 1 aromatic heterocycles. The minimum atomic E-state index is -0.222. The normalized spacial score (nSPS) is 22.1. The van der Waals surface area contributed by atoms with Gasteiger partial charge in [-0.15, -0.1) is 11.3 Å². The molecule has 1 aliphatic carbocycles. The van der Waals surface area contributed by atoms with Crippen molar-refractivity contribution < 1.29 is 14.0 Å². The SMILES string of the molecule is O=C(NCCc1cccs1)C1CCN(C(=O)C2CC2c2ccccc2F)CC1. The molecule has 6 heteroatoms. The molecule has 148 valence electrons. The van der Waals surface area contributed by atoms with E-state index in [0.717, 1.165) is 12.8 Å². The van der Waals surface area contributed by atoms with Crippen molar-refractivity contribution in [1.82, 2.24) is 10.2 Å². The summed E-state index contributed by atoms with van der Waals surface area (Å²) in [5, 5.41) is 5.07. The highest BCUT2D eigenvalue weighted by molar-refractivity contribution is 7.09. The lowest BCUT2D eigenvalue weighted by Gasteiger charge is -2.31. The zero-order valence-corrected chi connectivity index (χ0v) is 16.6. The number of carbonyl (C=O) groups excluding carboxylic acids is 2. The van der Waals surface area contributed by atoms with E-state index in [0.29, 0.717) is 38.0 Å². The van der Waals surface area contributed by atoms with Crippen LogP contribution in [-0.2, 0) is 16.0 Å². The van der Waals surface area contributed by atoms with Gasteiger partial charge in [-0.2, -0.15) is 0 Å². The third kappa shape index (κ3) is 4.27. The molecule has 0 spiro atoms. The second kappa shape index (κ2) is 8.43. The zero-order chi connectivity index (χ0) is 19.5. The van der Waals surface area contributed by atoms with E-state index in [1.54, 1.807) is 23.5 Å². The molecule has 28 heavy (non-hydrogen) atoms. The number of hydrogen-bond donors (Lipinski definition) is 1. The average Bonchev–Trinajstić information content (AvgIpc) is 3.34. The summed E-state index contributed by atoms with van der Waals surface area (Å²) in [5.41, 5.74) is 0.654. The van der Waals surface area contributed by atoms with E-state index in [1.807, 2.05) is 22.4 Å². The second-order valence-corrected chi connectivity index (χ2v) is 8.72. The second-order valence-electron chi connectivity index (χ2n) is 7.69. The quantitative estimate of drug-likeness (QED) is 0.806. The Kier molecular flexibility index (Phi) is 5.76. The van der Waals surface area contributed by atoms with Crippen LogP contribution in [0.5, 0.6) is 0 Å². The van der Waals surface area contributed by atoms with Crippen molar-refractivity contribution >= 4 is 23.2 Å². The van der Waals surface area contributed by atoms with Crippen molar-refractivity contribution in [2.24, 2.45) is 11.8 Å². The van der Waals surface area contributed by atoms with Crippen LogP contribution in [0.15, 0.2) is 41.8 Å². The fourth-order valence-corrected chi connectivity index (χ4v) is 4.80. The van der Waals surface area contributed by atoms with Gasteiger partial charge in [0.05, 0.1) is 0 Å². The molecule has 4 rings (SSSR count). The molecule has 1 N–H and O–H groups in total. The summed E-state index contributed by atoms with van der Waals surface area (Å²) in [4.78, 5) is 28.2. The molecule has 2 fully saturated rings. The standard InChI is InChI=1S/C22H25FN2O2S/c23-20-6-2-1-5-17(20)18-14-19(18)22(27)25-11-8-15(9-12-25)21(26)24-10-7-16-4-3-13-28-16/h1-6,13,15,18-19H,7-12,14H2,(H,24,26). The van der Waals surface area contributed by atoms with Gasteiger partial charge in [0.2, 0.25) is 11.8 Å². The molecule has 1 saturated carbocycles. The van der Waals surface area contributed by atoms with Crippen LogP contribution in [0.1, 0.15) is 35.6 Å². The number of rotatable bonds is 6. The third-order valence-corrected chi connectivity index (χ3v) is 6.78. The highest BCUT2D eigenvalue weighted by Gasteiger charge is 2.47. The fourth-order valence-electron chi connectivity index (χ4n) is 4.09. The van der Waals surface area contributed by atoms with Gasteiger partial charge in [0.25, 0.3) is 0 Å². The number of nitrogens with zero attached hydrogens (tertiary/aromatic N) is 1. The summed E-state index contributed by atoms with van der Waals surface area (Å²) in [5.74, 6) is -0.126. The van der Waals surface area contributed by atoms with Crippen LogP contribution in [-0.4, -0.2) is 36.3 Å². The molecular weight excluding hydrogens is 375 g/mol. The smallest absolute Gasteiger partial charge is 0.226 e. The zero-order valence-electron chi connectivity index (χ0n) is 15.8. The minimum absolute atomic E-state index is 0.00646. The summed E-state index contributed by atoms with van der Waals surface area (Å²) < 4.78 is 13.9. The van der Waals surface area contributed by atoms with Crippen LogP contribution in [0.4, 0.5) is 4.39 Å². The Labute approximate surface area is 168 Å². The molecular formula is C22H25FN2O2S. The predicted molar refractivity (Wildman–Crippen MR) is 108 cm³/mol. The highest BCUT2D eigenvalue weighted by atomic mass is 32.1. The lowest BCUT2D eigenvalue weighted by atomic mass is 9.95. The monoisotopic (exact) mass is 400 g/mol. The Morgan fingerprint density at radius 2 is 1.93 bits per heavy atom. The number of hydrogen-bond acceptors (Lipinski definition) is 3. The number of halogens is 1. The van der Waals surface area contributed by atoms with Gasteiger partial charge in [-0.25, -0.2) is 4.39 Å². The van der Waals surface area contributed by atoms with Gasteiger partial charge in [0, 0.05) is 36.3 Å². The maximum atomic E-state index is 13.9. The van der Waals surface area contributed by atoms with Crippen LogP contribution in [0.3, 0.4) is 0 Å². The summed E-state index contributed by atoms with van der Waals surface area (Å²) >= 11 is 1.70. The molecule has 2 atom stereocenters. The number of thiophene rings is 1. The molecule has 2 aromatic rings. The number of piperidine rings is 1. The predicted octanol–water partition coefficient (Wildman–Crippen LogP) is 3.59. The van der Waals surface area contributed by atoms with Gasteiger partial charge in [-0.3, -0.25) is 9.59 Å². The van der Waals surface area contributed by atoms with E-state index in [9.17, 15) is 14.0 Å². The number of amides is 2. The van der Waals surface area contributed by atoms with E-state index >= 15 is 0 Å². The first-order valence-corrected chi connectivity index (χ1v) is 10.8. The lowest BCUT2D eigenvalue weighted by Crippen LogP contribution is -2.44. The Morgan fingerprint density at radius 1 is 1.14 bits per heavy atom. The van der Waals surface area contributed by atoms with Crippen LogP contribution >= 0.6 is 11.3 Å². The van der Waals surface area contributed by atoms with Gasteiger partial charge in [-0.1, -0.05) is 24.3 Å². The maximum absolute atomic E-state index is 13.9. The Bertz CT molecular complexity index is 831. The van der Waals surface area contributed by atoms with E-state index in [2.05, 4.69) is 11.4 Å². The van der Waals surface area contributed by atoms with Gasteiger partial charge >= 0.3 is 0 Å². The number of benzene rings is 1. The topological polar surface area (TPSA) is 49.4 Å². The minimum Gasteiger partial charge on any atom is -0.355 e. The molecule has 1 aromatic carbocycles. The first-order chi connectivity index (χ1) is 13.6. The van der Waals surface area contributed by atoms with Crippen molar-refractivity contribution in [1.29, 1.82) is 0 Å². The molecule has 1 saturated heterocycles. The van der Waals surface area contributed by atoms with Gasteiger partial charge in [0.1, 0.15) is 5.82 Å². The van der Waals surface area contributed by atoms with Crippen LogP contribution in [0, 0.1) is 17.7 Å². The summed E-state index contributed by atoms with van der Waals surface area (Å²) in [6.07, 6.45) is 2.99. The van der Waals surface area contributed by atoms with E-state index in [1.165, 1.54) is 10.9 Å². The third-order valence-electron chi connectivity index (χ3n) is 5.84. The molecule has 0 bridgehead atoms. The molecule has 4 nitrogen and oxygen atoms in total. The average molecular weight is 401 g/mol. The van der Waals surface area contributed by atoms with Crippen molar-refractivity contribution in [2.45, 2.75) is 31.6 Å². The highest BCUT2D eigenvalue weighted by Crippen LogP contribution is 2.49. The number of carbonyl (C=O) groups is 2. The van der Waals surface area contributed by atoms with Crippen LogP contribution in [0.25, 0.3) is 0 Å². The van der Waals surface area contributed by atoms with Crippen molar-refractivity contribution in [3.63, 3.8) is 0 Å². The Hall–Kier alpha value is -2.21. The summed E-state index contributed by atoms with van der Waals surface area (Å²) in [6, 6.07) is 10.8. The van der Waals surface area contributed by atoms with E-state index in [-0.39, 0.29) is 35.4 Å². The van der Waals surface area contributed by atoms with Gasteiger partial charge in [0.15, 0.2) is 0 Å². The molecule has 2 aliphatic rings. The summed E-state index contributed by atoms with van der Waals surface area (Å²) in [6.45, 7) is 1.88. The van der Waals surface area contributed by atoms with Crippen LogP contribution < -0.4 is 5.32 Å². The molecule has 1 aliphatic heterocycles. The summed E-state index contributed by atoms with van der Waals surface area (Å²) in [7, 11) is 0. The van der Waals surface area contributed by atoms with Crippen molar-refractivity contribution in [3.05, 3.63) is 58.0 Å². The lowest BCUT2D eigenvalue weighted by molar-refractivity contribution is -0.136. The van der Waals surface area contributed by atoms with Gasteiger partial charge in [-0.05, 0) is 54.7 Å². The van der Waals surface area contributed by atoms with Gasteiger partial charge < -0.3 is 10.2 Å². The first-order valence-electron chi connectivity index (χ1n) is 9.97. The van der Waals surface area contributed by atoms with E-state index < -0.39 is 0 Å². The molecule has 0 radical (unpaired) electrons. The van der Waals surface area contributed by atoms with E-state index in [4.69, 9.17) is 0 Å². The molecule has 2 amide bonds. The Balaban J connectivity index is 1.21. The fraction of sp³-hybridized carbons (Fsp3) is 0.455.